The Balaban J connectivity index is 1.70. The first kappa shape index (κ1) is 20.3. The molecular weight excluding hydrogens is 387 g/mol. The molecule has 3 rings (SSSR count). The van der Waals surface area contributed by atoms with E-state index in [-0.39, 0.29) is 30.2 Å². The number of para-hydroxylation sites is 2. The zero-order chi connectivity index (χ0) is 20.9. The number of carbonyl (C=O) groups excluding carboxylic acids is 1. The minimum atomic E-state index is -4.82. The highest BCUT2D eigenvalue weighted by atomic mass is 19.4. The summed E-state index contributed by atoms with van der Waals surface area (Å²) < 4.78 is 52.7. The summed E-state index contributed by atoms with van der Waals surface area (Å²) in [6.07, 6.45) is -3.45. The van der Waals surface area contributed by atoms with Crippen LogP contribution >= 0.6 is 0 Å². The quantitative estimate of drug-likeness (QED) is 0.553. The van der Waals surface area contributed by atoms with Crippen molar-refractivity contribution in [2.24, 2.45) is 0 Å². The fourth-order valence-electron chi connectivity index (χ4n) is 2.67. The van der Waals surface area contributed by atoms with E-state index in [2.05, 4.69) is 4.74 Å². The van der Waals surface area contributed by atoms with Gasteiger partial charge in [-0.2, -0.15) is 0 Å². The molecule has 1 aromatic heterocycles. The molecule has 1 amide bonds. The Morgan fingerprint density at radius 3 is 2.41 bits per heavy atom. The van der Waals surface area contributed by atoms with Crippen LogP contribution in [0, 0.1) is 0 Å². The van der Waals surface area contributed by atoms with Gasteiger partial charge in [0.2, 0.25) is 0 Å². The number of carbonyl (C=O) groups is 1. The van der Waals surface area contributed by atoms with Gasteiger partial charge in [-0.05, 0) is 24.3 Å². The number of hydrogen-bond donors (Lipinski definition) is 0. The Kier molecular flexibility index (Phi) is 6.11. The van der Waals surface area contributed by atoms with Crippen LogP contribution in [0.15, 0.2) is 71.3 Å². The van der Waals surface area contributed by atoms with E-state index in [4.69, 9.17) is 9.15 Å². The van der Waals surface area contributed by atoms with E-state index in [1.807, 2.05) is 18.2 Å². The molecule has 152 valence electrons. The maximum atomic E-state index is 12.8. The van der Waals surface area contributed by atoms with Crippen molar-refractivity contribution in [1.82, 2.24) is 4.90 Å². The first-order chi connectivity index (χ1) is 13.8. The van der Waals surface area contributed by atoms with Gasteiger partial charge in [0.15, 0.2) is 5.76 Å². The first-order valence-corrected chi connectivity index (χ1v) is 8.67. The van der Waals surface area contributed by atoms with E-state index in [0.717, 1.165) is 0 Å². The minimum Gasteiger partial charge on any atom is -0.489 e. The molecule has 0 spiro atoms. The van der Waals surface area contributed by atoms with Crippen LogP contribution in [0.4, 0.5) is 13.2 Å². The molecule has 0 unspecified atom stereocenters. The average Bonchev–Trinajstić information content (AvgIpc) is 3.15. The van der Waals surface area contributed by atoms with Crippen LogP contribution < -0.4 is 9.47 Å². The van der Waals surface area contributed by atoms with Gasteiger partial charge in [0.25, 0.3) is 5.91 Å². The molecule has 0 fully saturated rings. The first-order valence-electron chi connectivity index (χ1n) is 8.67. The van der Waals surface area contributed by atoms with Crippen LogP contribution in [0.3, 0.4) is 0 Å². The van der Waals surface area contributed by atoms with Crippen molar-refractivity contribution in [3.8, 4) is 11.5 Å². The summed E-state index contributed by atoms with van der Waals surface area (Å²) in [4.78, 5) is 14.0. The number of nitrogens with zero attached hydrogens (tertiary/aromatic N) is 1. The fourth-order valence-corrected chi connectivity index (χ4v) is 2.67. The normalized spacial score (nSPS) is 11.2. The molecule has 0 atom stereocenters. The summed E-state index contributed by atoms with van der Waals surface area (Å²) in [5.41, 5.74) is 0.750. The lowest BCUT2D eigenvalue weighted by Crippen LogP contribution is -2.27. The second kappa shape index (κ2) is 8.72. The van der Waals surface area contributed by atoms with Gasteiger partial charge in [-0.15, -0.1) is 13.2 Å². The van der Waals surface area contributed by atoms with Crippen molar-refractivity contribution in [3.63, 3.8) is 0 Å². The topological polar surface area (TPSA) is 51.9 Å². The highest BCUT2D eigenvalue weighted by molar-refractivity contribution is 5.92. The van der Waals surface area contributed by atoms with Crippen molar-refractivity contribution in [1.29, 1.82) is 0 Å². The number of hydrogen-bond acceptors (Lipinski definition) is 4. The number of benzene rings is 2. The molecule has 0 radical (unpaired) electrons. The third-order valence-electron chi connectivity index (χ3n) is 4.03. The molecule has 0 saturated carbocycles. The fraction of sp³-hybridized carbons (Fsp3) is 0.190. The zero-order valence-electron chi connectivity index (χ0n) is 15.5. The van der Waals surface area contributed by atoms with Gasteiger partial charge in [-0.25, -0.2) is 0 Å². The Hall–Kier alpha value is -3.42. The van der Waals surface area contributed by atoms with Crippen LogP contribution in [0.1, 0.15) is 21.7 Å². The highest BCUT2D eigenvalue weighted by Crippen LogP contribution is 2.27. The SMILES string of the molecule is CN(Cc1ccccc1OC(F)(F)F)C(=O)c1occc1COc1ccccc1. The van der Waals surface area contributed by atoms with Crippen molar-refractivity contribution in [2.45, 2.75) is 19.5 Å². The third-order valence-corrected chi connectivity index (χ3v) is 4.03. The predicted molar refractivity (Wildman–Crippen MR) is 98.4 cm³/mol. The number of alkyl halides is 3. The number of furan rings is 1. The molecule has 0 aliphatic heterocycles. The molecular formula is C21H18F3NO4. The number of halogens is 3. The largest absolute Gasteiger partial charge is 0.573 e. The van der Waals surface area contributed by atoms with Crippen LogP contribution in [0.25, 0.3) is 0 Å². The zero-order valence-corrected chi connectivity index (χ0v) is 15.5. The van der Waals surface area contributed by atoms with Gasteiger partial charge < -0.3 is 18.8 Å². The van der Waals surface area contributed by atoms with Gasteiger partial charge in [0.1, 0.15) is 18.1 Å². The number of rotatable bonds is 7. The summed E-state index contributed by atoms with van der Waals surface area (Å²) in [6.45, 7) is 0.0218. The Morgan fingerprint density at radius 1 is 1.00 bits per heavy atom. The minimum absolute atomic E-state index is 0.0673. The monoisotopic (exact) mass is 405 g/mol. The van der Waals surface area contributed by atoms with E-state index in [1.165, 1.54) is 36.4 Å². The summed E-state index contributed by atoms with van der Waals surface area (Å²) in [7, 11) is 1.47. The Morgan fingerprint density at radius 2 is 1.69 bits per heavy atom. The van der Waals surface area contributed by atoms with Gasteiger partial charge in [-0.1, -0.05) is 36.4 Å². The van der Waals surface area contributed by atoms with Crippen molar-refractivity contribution in [3.05, 3.63) is 83.8 Å². The van der Waals surface area contributed by atoms with E-state index in [0.29, 0.717) is 11.3 Å². The Labute approximate surface area is 165 Å². The number of amides is 1. The van der Waals surface area contributed by atoms with Crippen LogP contribution in [-0.4, -0.2) is 24.2 Å². The second-order valence-corrected chi connectivity index (χ2v) is 6.19. The van der Waals surface area contributed by atoms with Crippen LogP contribution in [0.2, 0.25) is 0 Å². The molecule has 3 aromatic rings. The average molecular weight is 405 g/mol. The maximum absolute atomic E-state index is 12.8. The molecule has 0 N–H and O–H groups in total. The number of ether oxygens (including phenoxy) is 2. The molecule has 5 nitrogen and oxygen atoms in total. The van der Waals surface area contributed by atoms with E-state index < -0.39 is 12.3 Å². The van der Waals surface area contributed by atoms with Crippen LogP contribution in [-0.2, 0) is 13.2 Å². The lowest BCUT2D eigenvalue weighted by atomic mass is 10.1. The van der Waals surface area contributed by atoms with Crippen LogP contribution in [0.5, 0.6) is 11.5 Å². The van der Waals surface area contributed by atoms with Gasteiger partial charge >= 0.3 is 6.36 Å². The van der Waals surface area contributed by atoms with E-state index in [9.17, 15) is 18.0 Å². The van der Waals surface area contributed by atoms with E-state index >= 15 is 0 Å². The smallest absolute Gasteiger partial charge is 0.489 e. The van der Waals surface area contributed by atoms with Crippen molar-refractivity contribution in [2.75, 3.05) is 7.05 Å². The Bertz CT molecular complexity index is 954. The molecule has 0 bridgehead atoms. The third kappa shape index (κ3) is 5.54. The molecule has 29 heavy (non-hydrogen) atoms. The van der Waals surface area contributed by atoms with E-state index in [1.54, 1.807) is 24.3 Å². The molecule has 0 aliphatic rings. The second-order valence-electron chi connectivity index (χ2n) is 6.19. The molecule has 8 heteroatoms. The predicted octanol–water partition coefficient (Wildman–Crippen LogP) is 5.03. The lowest BCUT2D eigenvalue weighted by molar-refractivity contribution is -0.275. The summed E-state index contributed by atoms with van der Waals surface area (Å²) >= 11 is 0. The van der Waals surface area contributed by atoms with Crippen molar-refractivity contribution >= 4 is 5.91 Å². The highest BCUT2D eigenvalue weighted by Gasteiger charge is 2.32. The molecule has 0 aliphatic carbocycles. The lowest BCUT2D eigenvalue weighted by Gasteiger charge is -2.19. The molecule has 2 aromatic carbocycles. The maximum Gasteiger partial charge on any atom is 0.573 e. The summed E-state index contributed by atoms with van der Waals surface area (Å²) in [5.74, 6) is -0.133. The molecule has 1 heterocycles. The van der Waals surface area contributed by atoms with Crippen molar-refractivity contribution < 1.29 is 31.9 Å². The van der Waals surface area contributed by atoms with Gasteiger partial charge in [0.05, 0.1) is 6.26 Å². The van der Waals surface area contributed by atoms with Gasteiger partial charge in [-0.3, -0.25) is 4.79 Å². The standard InChI is InChI=1S/C21H18F3NO4/c1-25(13-15-7-5-6-10-18(15)29-21(22,23)24)20(26)19-16(11-12-27-19)14-28-17-8-3-2-4-9-17/h2-12H,13-14H2,1H3. The summed E-state index contributed by atoms with van der Waals surface area (Å²) in [6, 6.07) is 16.4. The van der Waals surface area contributed by atoms with Gasteiger partial charge in [0, 0.05) is 24.7 Å². The molecule has 0 saturated heterocycles. The summed E-state index contributed by atoms with van der Waals surface area (Å²) in [5, 5.41) is 0.